The summed E-state index contributed by atoms with van der Waals surface area (Å²) in [6.45, 7) is 1.21. The first kappa shape index (κ1) is 23.5. The first-order chi connectivity index (χ1) is 14.7. The van der Waals surface area contributed by atoms with E-state index in [2.05, 4.69) is 15.5 Å². The van der Waals surface area contributed by atoms with Gasteiger partial charge in [0.25, 0.3) is 20.2 Å². The van der Waals surface area contributed by atoms with Crippen molar-refractivity contribution in [2.75, 3.05) is 5.32 Å². The molecule has 6 N–H and O–H groups in total. The molecule has 2 aliphatic carbocycles. The largest absolute Gasteiger partial charge is 0.507 e. The number of nitrogens with zero attached hydrogens (tertiary/aromatic N) is 2. The van der Waals surface area contributed by atoms with E-state index in [0.29, 0.717) is 0 Å². The predicted molar refractivity (Wildman–Crippen MR) is 113 cm³/mol. The van der Waals surface area contributed by atoms with Gasteiger partial charge in [0, 0.05) is 24.6 Å². The van der Waals surface area contributed by atoms with Crippen molar-refractivity contribution in [1.29, 1.82) is 0 Å². The number of nitrogens with two attached hydrogens (primary N) is 1. The SMILES string of the molecule is CC(=O)Nc1ccc(N=NC2(N)C=CC=C3CC(S(=O)(=O)O)=CC(O)=C32)c(S(=O)(=O)O)c1. The Labute approximate surface area is 183 Å². The number of aliphatic hydroxyl groups is 1. The van der Waals surface area contributed by atoms with Crippen LogP contribution in [-0.2, 0) is 25.0 Å². The van der Waals surface area contributed by atoms with Gasteiger partial charge in [-0.25, -0.2) is 0 Å². The number of anilines is 1. The van der Waals surface area contributed by atoms with Crippen LogP contribution in [0.25, 0.3) is 0 Å². The van der Waals surface area contributed by atoms with Crippen LogP contribution in [0, 0.1) is 0 Å². The number of aliphatic hydroxyl groups excluding tert-OH is 1. The van der Waals surface area contributed by atoms with Gasteiger partial charge >= 0.3 is 0 Å². The Bertz CT molecular complexity index is 1370. The van der Waals surface area contributed by atoms with E-state index in [1.807, 2.05) is 0 Å². The highest BCUT2D eigenvalue weighted by Crippen LogP contribution is 2.40. The molecular weight excluding hydrogens is 464 g/mol. The Hall–Kier alpha value is -3.17. The van der Waals surface area contributed by atoms with Gasteiger partial charge in [-0.2, -0.15) is 27.1 Å². The van der Waals surface area contributed by atoms with Gasteiger partial charge in [0.2, 0.25) is 5.91 Å². The van der Waals surface area contributed by atoms with Crippen molar-refractivity contribution < 1.29 is 35.8 Å². The summed E-state index contributed by atoms with van der Waals surface area (Å²) in [6, 6.07) is 3.49. The highest BCUT2D eigenvalue weighted by Gasteiger charge is 2.38. The predicted octanol–water partition coefficient (Wildman–Crippen LogP) is 2.11. The van der Waals surface area contributed by atoms with E-state index >= 15 is 0 Å². The monoisotopic (exact) mass is 482 g/mol. The third-order valence-corrected chi connectivity index (χ3v) is 6.31. The lowest BCUT2D eigenvalue weighted by molar-refractivity contribution is -0.114. The number of carbonyl (C=O) groups excluding carboxylic acids is 1. The fourth-order valence-corrected chi connectivity index (χ4v) is 4.43. The number of rotatable bonds is 5. The number of hydrogen-bond acceptors (Lipinski definition) is 9. The van der Waals surface area contributed by atoms with Crippen molar-refractivity contribution in [3.63, 3.8) is 0 Å². The fourth-order valence-electron chi connectivity index (χ4n) is 3.19. The first-order valence-electron chi connectivity index (χ1n) is 8.82. The van der Waals surface area contributed by atoms with Crippen molar-refractivity contribution in [3.05, 3.63) is 64.3 Å². The minimum Gasteiger partial charge on any atom is -0.507 e. The normalized spacial score (nSPS) is 21.2. The lowest BCUT2D eigenvalue weighted by Gasteiger charge is -2.31. The van der Waals surface area contributed by atoms with Crippen molar-refractivity contribution in [3.8, 4) is 0 Å². The Kier molecular flexibility index (Phi) is 5.92. The lowest BCUT2D eigenvalue weighted by Crippen LogP contribution is -2.41. The van der Waals surface area contributed by atoms with E-state index in [1.54, 1.807) is 0 Å². The molecule has 0 aromatic heterocycles. The molecule has 0 spiro atoms. The van der Waals surface area contributed by atoms with Crippen LogP contribution < -0.4 is 11.1 Å². The van der Waals surface area contributed by atoms with E-state index in [0.717, 1.165) is 12.1 Å². The van der Waals surface area contributed by atoms with E-state index < -0.39 is 47.4 Å². The van der Waals surface area contributed by atoms with Gasteiger partial charge in [0.15, 0.2) is 5.66 Å². The Morgan fingerprint density at radius 2 is 1.88 bits per heavy atom. The molecule has 32 heavy (non-hydrogen) atoms. The van der Waals surface area contributed by atoms with Crippen LogP contribution in [0.2, 0.25) is 0 Å². The Balaban J connectivity index is 2.08. The second kappa shape index (κ2) is 8.07. The molecule has 1 atom stereocenters. The van der Waals surface area contributed by atoms with Crippen LogP contribution in [-0.4, -0.2) is 42.6 Å². The molecule has 0 aliphatic heterocycles. The molecule has 0 saturated heterocycles. The van der Waals surface area contributed by atoms with E-state index in [1.165, 1.54) is 37.3 Å². The zero-order valence-corrected chi connectivity index (χ0v) is 18.1. The zero-order chi connectivity index (χ0) is 23.9. The van der Waals surface area contributed by atoms with Crippen LogP contribution in [0.3, 0.4) is 0 Å². The summed E-state index contributed by atoms with van der Waals surface area (Å²) in [7, 11) is -9.32. The number of fused-ring (bicyclic) bond motifs is 1. The molecule has 1 unspecified atom stereocenters. The van der Waals surface area contributed by atoms with Crippen molar-refractivity contribution >= 4 is 37.5 Å². The molecule has 14 heteroatoms. The van der Waals surface area contributed by atoms with Gasteiger partial charge < -0.3 is 10.4 Å². The van der Waals surface area contributed by atoms with Gasteiger partial charge in [0.05, 0.1) is 4.91 Å². The minimum absolute atomic E-state index is 0.000535. The second-order valence-electron chi connectivity index (χ2n) is 6.94. The molecule has 1 amide bonds. The summed E-state index contributed by atoms with van der Waals surface area (Å²) in [6.07, 6.45) is 4.80. The summed E-state index contributed by atoms with van der Waals surface area (Å²) >= 11 is 0. The molecule has 0 radical (unpaired) electrons. The topological polar surface area (TPSA) is 209 Å². The maximum atomic E-state index is 11.8. The van der Waals surface area contributed by atoms with E-state index in [9.17, 15) is 35.8 Å². The Morgan fingerprint density at radius 1 is 1.19 bits per heavy atom. The molecule has 2 aliphatic rings. The number of nitrogens with one attached hydrogen (secondary N) is 1. The van der Waals surface area contributed by atoms with Gasteiger partial charge in [-0.15, -0.1) is 0 Å². The van der Waals surface area contributed by atoms with Gasteiger partial charge in [-0.1, -0.05) is 12.2 Å². The average Bonchev–Trinajstić information content (AvgIpc) is 2.65. The molecule has 1 aromatic rings. The number of hydrogen-bond donors (Lipinski definition) is 5. The molecule has 3 rings (SSSR count). The molecule has 170 valence electrons. The number of carbonyl (C=O) groups is 1. The number of amides is 1. The van der Waals surface area contributed by atoms with Gasteiger partial charge in [-0.3, -0.25) is 19.6 Å². The molecule has 0 bridgehead atoms. The lowest BCUT2D eigenvalue weighted by atomic mass is 9.83. The van der Waals surface area contributed by atoms with Crippen LogP contribution in [0.1, 0.15) is 13.3 Å². The molecule has 1 aromatic carbocycles. The maximum absolute atomic E-state index is 11.8. The summed E-state index contributed by atoms with van der Waals surface area (Å²) in [5, 5.41) is 20.5. The summed E-state index contributed by atoms with van der Waals surface area (Å²) in [4.78, 5) is 10.1. The van der Waals surface area contributed by atoms with Crippen LogP contribution >= 0.6 is 0 Å². The quantitative estimate of drug-likeness (QED) is 0.307. The first-order valence-corrected chi connectivity index (χ1v) is 11.7. The van der Waals surface area contributed by atoms with E-state index in [4.69, 9.17) is 5.73 Å². The third kappa shape index (κ3) is 4.84. The summed E-state index contributed by atoms with van der Waals surface area (Å²) in [5.74, 6) is -1.04. The number of allylic oxidation sites excluding steroid dienone is 4. The average molecular weight is 482 g/mol. The second-order valence-corrected chi connectivity index (χ2v) is 9.80. The highest BCUT2D eigenvalue weighted by molar-refractivity contribution is 7.89. The van der Waals surface area contributed by atoms with Crippen molar-refractivity contribution in [1.82, 2.24) is 0 Å². The van der Waals surface area contributed by atoms with Crippen molar-refractivity contribution in [2.24, 2.45) is 16.0 Å². The Morgan fingerprint density at radius 3 is 2.47 bits per heavy atom. The smallest absolute Gasteiger partial charge is 0.296 e. The standard InChI is InChI=1S/C18H18N4O8S2/c1-10(23)20-12-4-5-14(16(8-12)32(28,29)30)21-22-18(19)6-2-3-11-7-13(31(25,26)27)9-15(24)17(11)18/h2-6,8-9,24H,7,19H2,1H3,(H,20,23)(H,25,26,27)(H,28,29,30). The summed E-state index contributed by atoms with van der Waals surface area (Å²) < 4.78 is 65.2. The van der Waals surface area contributed by atoms with Gasteiger partial charge in [0.1, 0.15) is 16.3 Å². The minimum atomic E-state index is -4.76. The maximum Gasteiger partial charge on any atom is 0.296 e. The third-order valence-electron chi connectivity index (χ3n) is 4.50. The van der Waals surface area contributed by atoms with Gasteiger partial charge in [-0.05, 0) is 35.9 Å². The molecule has 0 saturated carbocycles. The highest BCUT2D eigenvalue weighted by atomic mass is 32.2. The molecule has 0 heterocycles. The van der Waals surface area contributed by atoms with Crippen LogP contribution in [0.15, 0.2) is 79.4 Å². The molecule has 0 fully saturated rings. The number of azo groups is 1. The summed E-state index contributed by atoms with van der Waals surface area (Å²) in [5.41, 5.74) is 4.46. The van der Waals surface area contributed by atoms with Crippen molar-refractivity contribution in [2.45, 2.75) is 23.9 Å². The molecular formula is C18H18N4O8S2. The molecule has 12 nitrogen and oxygen atoms in total. The van der Waals surface area contributed by atoms with E-state index in [-0.39, 0.29) is 28.9 Å². The zero-order valence-electron chi connectivity index (χ0n) is 16.4. The van der Waals surface area contributed by atoms with Crippen LogP contribution in [0.5, 0.6) is 0 Å². The number of benzene rings is 1. The fraction of sp³-hybridized carbons (Fsp3) is 0.167. The van der Waals surface area contributed by atoms with Crippen LogP contribution in [0.4, 0.5) is 11.4 Å².